The molecular formula is C48H31N3. The van der Waals surface area contributed by atoms with Crippen LogP contribution >= 0.6 is 0 Å². The summed E-state index contributed by atoms with van der Waals surface area (Å²) in [5.41, 5.74) is 0.838. The van der Waals surface area contributed by atoms with Crippen molar-refractivity contribution in [2.75, 3.05) is 0 Å². The van der Waals surface area contributed by atoms with Crippen LogP contribution in [0.4, 0.5) is 0 Å². The zero-order valence-electron chi connectivity index (χ0n) is 42.5. The Morgan fingerprint density at radius 2 is 0.902 bits per heavy atom. The van der Waals surface area contributed by atoms with Crippen molar-refractivity contribution in [1.29, 1.82) is 0 Å². The minimum absolute atomic E-state index is 0.104. The molecule has 3 heterocycles. The molecule has 0 radical (unpaired) electrons. The van der Waals surface area contributed by atoms with Crippen LogP contribution in [0.25, 0.3) is 93.6 Å². The van der Waals surface area contributed by atoms with Gasteiger partial charge in [-0.15, -0.1) is 0 Å². The molecule has 238 valence electrons. The van der Waals surface area contributed by atoms with Gasteiger partial charge in [-0.25, -0.2) is 0 Å². The number of rotatable bonds is 4. The van der Waals surface area contributed by atoms with E-state index in [0.717, 1.165) is 42.8 Å². The number of nitrogens with zero attached hydrogens (tertiary/aromatic N) is 3. The average Bonchev–Trinajstić information content (AvgIpc) is 3.98. The van der Waals surface area contributed by atoms with E-state index >= 15 is 0 Å². The lowest BCUT2D eigenvalue weighted by atomic mass is 10.1. The fourth-order valence-electron chi connectivity index (χ4n) is 7.36. The molecule has 0 unspecified atom stereocenters. The topological polar surface area (TPSA) is 14.8 Å². The molecule has 0 N–H and O–H groups in total. The first kappa shape index (κ1) is 16.7. The smallest absolute Gasteiger partial charge is 0.0788 e. The van der Waals surface area contributed by atoms with Crippen molar-refractivity contribution in [3.8, 4) is 28.2 Å². The van der Waals surface area contributed by atoms with Gasteiger partial charge in [-0.05, 0) is 71.6 Å². The highest BCUT2D eigenvalue weighted by molar-refractivity contribution is 6.24. The fraction of sp³-hybridized carbons (Fsp3) is 0. The molecule has 0 aliphatic carbocycles. The van der Waals surface area contributed by atoms with Gasteiger partial charge in [0.15, 0.2) is 0 Å². The maximum Gasteiger partial charge on any atom is 0.0788 e. The summed E-state index contributed by atoms with van der Waals surface area (Å²) in [4.78, 5) is 0. The van der Waals surface area contributed by atoms with Crippen LogP contribution in [0.2, 0.25) is 0 Å². The van der Waals surface area contributed by atoms with E-state index in [1.54, 1.807) is 4.57 Å². The standard InChI is InChI=1S/C48H31N3/c1-3-14-32(15-4-1)33-16-13-19-35(30-33)49-43-23-10-9-22-39(43)42-31-36(26-29-46(42)49)51-45-25-12-8-21-38(45)41-28-27-40-37-20-7-11-24-44(37)50(47(40)48(41)51)34-17-5-2-6-18-34/h1-31H/i1D,3D,4D,9D,10D,13D,14D,15D,16D,19D,22D,23D,26D,29D,30D,31D. The van der Waals surface area contributed by atoms with Gasteiger partial charge in [0, 0.05) is 49.4 Å². The molecule has 0 amide bonds. The summed E-state index contributed by atoms with van der Waals surface area (Å²) < 4.78 is 150. The monoisotopic (exact) mass is 665 g/mol. The normalized spacial score (nSPS) is 16.3. The van der Waals surface area contributed by atoms with E-state index in [1.807, 2.05) is 91.0 Å². The van der Waals surface area contributed by atoms with Crippen molar-refractivity contribution in [2.24, 2.45) is 0 Å². The number of hydrogen-bond donors (Lipinski definition) is 0. The van der Waals surface area contributed by atoms with Gasteiger partial charge < -0.3 is 13.7 Å². The van der Waals surface area contributed by atoms with Crippen molar-refractivity contribution in [2.45, 2.75) is 0 Å². The molecule has 0 saturated heterocycles. The molecule has 11 aromatic rings. The predicted octanol–water partition coefficient (Wildman–Crippen LogP) is 12.6. The van der Waals surface area contributed by atoms with Gasteiger partial charge in [-0.3, -0.25) is 0 Å². The zero-order chi connectivity index (χ0) is 47.4. The van der Waals surface area contributed by atoms with Crippen LogP contribution in [0.15, 0.2) is 188 Å². The van der Waals surface area contributed by atoms with Crippen LogP contribution in [0.3, 0.4) is 0 Å². The molecular weight excluding hydrogens is 619 g/mol. The van der Waals surface area contributed by atoms with Crippen LogP contribution in [0.1, 0.15) is 21.9 Å². The van der Waals surface area contributed by atoms with Crippen LogP contribution < -0.4 is 0 Å². The molecule has 0 atom stereocenters. The van der Waals surface area contributed by atoms with E-state index in [9.17, 15) is 9.60 Å². The maximum absolute atomic E-state index is 10.2. The van der Waals surface area contributed by atoms with E-state index in [2.05, 4.69) is 4.57 Å². The van der Waals surface area contributed by atoms with Gasteiger partial charge in [0.25, 0.3) is 0 Å². The zero-order valence-corrected chi connectivity index (χ0v) is 26.5. The van der Waals surface area contributed by atoms with E-state index < -0.39 is 119 Å². The van der Waals surface area contributed by atoms with Crippen LogP contribution in [0, 0.1) is 0 Å². The average molecular weight is 666 g/mol. The van der Waals surface area contributed by atoms with E-state index in [-0.39, 0.29) is 22.0 Å². The fourth-order valence-corrected chi connectivity index (χ4v) is 7.36. The molecule has 51 heavy (non-hydrogen) atoms. The lowest BCUT2D eigenvalue weighted by Crippen LogP contribution is -1.99. The van der Waals surface area contributed by atoms with E-state index in [0.29, 0.717) is 11.0 Å². The molecule has 0 bridgehead atoms. The Labute approximate surface area is 316 Å². The molecule has 8 aromatic carbocycles. The van der Waals surface area contributed by atoms with Gasteiger partial charge in [0.05, 0.1) is 55.0 Å². The Hall–Kier alpha value is -6.84. The number of aromatic nitrogens is 3. The first-order chi connectivity index (χ1) is 32.0. The largest absolute Gasteiger partial charge is 0.309 e. The van der Waals surface area contributed by atoms with Gasteiger partial charge in [0.2, 0.25) is 0 Å². The minimum atomic E-state index is -0.855. The molecule has 0 saturated carbocycles. The number of hydrogen-bond acceptors (Lipinski definition) is 0. The summed E-state index contributed by atoms with van der Waals surface area (Å²) >= 11 is 0. The maximum atomic E-state index is 10.2. The molecule has 0 aliphatic heterocycles. The quantitative estimate of drug-likeness (QED) is 0.178. The van der Waals surface area contributed by atoms with Crippen LogP contribution in [-0.4, -0.2) is 13.7 Å². The first-order valence-electron chi connectivity index (χ1n) is 24.2. The van der Waals surface area contributed by atoms with Crippen molar-refractivity contribution < 1.29 is 21.9 Å². The number of benzene rings is 8. The molecule has 11 rings (SSSR count). The second-order valence-corrected chi connectivity index (χ2v) is 12.1. The lowest BCUT2D eigenvalue weighted by Gasteiger charge is -2.13. The summed E-state index contributed by atoms with van der Waals surface area (Å²) in [6.07, 6.45) is 0. The summed E-state index contributed by atoms with van der Waals surface area (Å²) in [6, 6.07) is 17.5. The van der Waals surface area contributed by atoms with Crippen molar-refractivity contribution in [3.05, 3.63) is 188 Å². The van der Waals surface area contributed by atoms with Gasteiger partial charge in [0.1, 0.15) is 0 Å². The van der Waals surface area contributed by atoms with Crippen LogP contribution in [-0.2, 0) is 0 Å². The molecule has 0 aliphatic rings. The molecule has 3 aromatic heterocycles. The Morgan fingerprint density at radius 1 is 0.314 bits per heavy atom. The second-order valence-electron chi connectivity index (χ2n) is 12.1. The van der Waals surface area contributed by atoms with Gasteiger partial charge in [-0.1, -0.05) is 127 Å². The third-order valence-corrected chi connectivity index (χ3v) is 9.44. The van der Waals surface area contributed by atoms with E-state index in [1.165, 1.54) is 0 Å². The highest BCUT2D eigenvalue weighted by Gasteiger charge is 2.22. The summed E-state index contributed by atoms with van der Waals surface area (Å²) in [7, 11) is 0. The Bertz CT molecular complexity index is 4030. The van der Waals surface area contributed by atoms with Gasteiger partial charge >= 0.3 is 0 Å². The third-order valence-electron chi connectivity index (χ3n) is 9.44. The SMILES string of the molecule is [2H]c1c([2H])c([2H])c(-c2c([2H])c([2H])c([2H])c(-n3c4c([2H])c([2H])c([2H])c([2H])c4c4c([2H])c(-n5c6ccccc6c6ccc7c8ccccc8n(-c8ccccc8)c7c65)c([2H])c([2H])c43)c2[2H])c([2H])c1[2H]. The first-order valence-corrected chi connectivity index (χ1v) is 16.2. The highest BCUT2D eigenvalue weighted by Crippen LogP contribution is 2.43. The molecule has 0 spiro atoms. The van der Waals surface area contributed by atoms with Crippen molar-refractivity contribution in [1.82, 2.24) is 13.7 Å². The summed E-state index contributed by atoms with van der Waals surface area (Å²) in [5, 5.41) is 2.79. The Balaban J connectivity index is 1.36. The second kappa shape index (κ2) is 10.8. The summed E-state index contributed by atoms with van der Waals surface area (Å²) in [5.74, 6) is 0. The lowest BCUT2D eigenvalue weighted by molar-refractivity contribution is 1.15. The Kier molecular flexibility index (Phi) is 3.55. The molecule has 0 fully saturated rings. The van der Waals surface area contributed by atoms with Gasteiger partial charge in [-0.2, -0.15) is 0 Å². The Morgan fingerprint density at radius 3 is 1.65 bits per heavy atom. The third kappa shape index (κ3) is 4.06. The van der Waals surface area contributed by atoms with Crippen LogP contribution in [0.5, 0.6) is 0 Å². The number of fused-ring (bicyclic) bond motifs is 10. The molecule has 3 heteroatoms. The number of para-hydroxylation sites is 4. The highest BCUT2D eigenvalue weighted by atomic mass is 15.0. The van der Waals surface area contributed by atoms with Crippen molar-refractivity contribution in [3.63, 3.8) is 0 Å². The predicted molar refractivity (Wildman–Crippen MR) is 215 cm³/mol. The molecule has 3 nitrogen and oxygen atoms in total. The van der Waals surface area contributed by atoms with Crippen molar-refractivity contribution >= 4 is 65.4 Å². The minimum Gasteiger partial charge on any atom is -0.309 e. The van der Waals surface area contributed by atoms with E-state index in [4.69, 9.17) is 12.3 Å². The summed E-state index contributed by atoms with van der Waals surface area (Å²) in [6.45, 7) is 0.